The number of H-pyrrole nitrogens is 1. The summed E-state index contributed by atoms with van der Waals surface area (Å²) in [5, 5.41) is 0. The summed E-state index contributed by atoms with van der Waals surface area (Å²) in [5.74, 6) is 0.642. The highest BCUT2D eigenvalue weighted by molar-refractivity contribution is 7.71. The van der Waals surface area contributed by atoms with E-state index >= 15 is 0 Å². The second kappa shape index (κ2) is 4.75. The van der Waals surface area contributed by atoms with E-state index in [-0.39, 0.29) is 5.82 Å². The van der Waals surface area contributed by atoms with Crippen LogP contribution in [0, 0.1) is 23.4 Å². The van der Waals surface area contributed by atoms with Gasteiger partial charge < -0.3 is 9.55 Å². The number of hydrogen-bond acceptors (Lipinski definition) is 1. The second-order valence-electron chi connectivity index (χ2n) is 5.83. The summed E-state index contributed by atoms with van der Waals surface area (Å²) in [6.45, 7) is 4.11. The number of aromatic nitrogens is 2. The Hall–Kier alpha value is -1.16. The number of nitrogens with one attached hydrogen (secondary N) is 1. The number of fused-ring (bicyclic) bond motifs is 1. The SMILES string of the molecule is Cc1cc2c(cc1F)[nH]c(=S)n2C1CCC(C)CC1. The summed E-state index contributed by atoms with van der Waals surface area (Å²) in [6.07, 6.45) is 4.83. The Labute approximate surface area is 117 Å². The highest BCUT2D eigenvalue weighted by Crippen LogP contribution is 2.34. The first-order valence-electron chi connectivity index (χ1n) is 6.96. The van der Waals surface area contributed by atoms with E-state index in [1.54, 1.807) is 13.0 Å². The maximum Gasteiger partial charge on any atom is 0.178 e. The van der Waals surface area contributed by atoms with Gasteiger partial charge in [-0.15, -0.1) is 0 Å². The number of aryl methyl sites for hydroxylation is 1. The van der Waals surface area contributed by atoms with Crippen LogP contribution >= 0.6 is 12.2 Å². The lowest BCUT2D eigenvalue weighted by atomic mass is 9.87. The van der Waals surface area contributed by atoms with E-state index in [4.69, 9.17) is 12.2 Å². The normalized spacial score (nSPS) is 23.9. The summed E-state index contributed by atoms with van der Waals surface area (Å²) in [7, 11) is 0. The maximum absolute atomic E-state index is 13.6. The zero-order chi connectivity index (χ0) is 13.6. The van der Waals surface area contributed by atoms with Gasteiger partial charge in [0.05, 0.1) is 11.0 Å². The van der Waals surface area contributed by atoms with Gasteiger partial charge in [-0.05, 0) is 68.4 Å². The van der Waals surface area contributed by atoms with Gasteiger partial charge in [-0.2, -0.15) is 0 Å². The van der Waals surface area contributed by atoms with E-state index in [2.05, 4.69) is 16.5 Å². The van der Waals surface area contributed by atoms with Crippen LogP contribution in [0.25, 0.3) is 11.0 Å². The Balaban J connectivity index is 2.10. The molecule has 1 saturated carbocycles. The van der Waals surface area contributed by atoms with Crippen molar-refractivity contribution in [2.75, 3.05) is 0 Å². The van der Waals surface area contributed by atoms with E-state index in [9.17, 15) is 4.39 Å². The first-order chi connectivity index (χ1) is 9.06. The minimum atomic E-state index is -0.173. The van der Waals surface area contributed by atoms with Gasteiger partial charge in [0.1, 0.15) is 5.82 Å². The van der Waals surface area contributed by atoms with Crippen molar-refractivity contribution in [2.24, 2.45) is 5.92 Å². The lowest BCUT2D eigenvalue weighted by Crippen LogP contribution is -2.16. The summed E-state index contributed by atoms with van der Waals surface area (Å²) in [5.41, 5.74) is 2.54. The molecule has 1 aromatic carbocycles. The van der Waals surface area contributed by atoms with Crippen molar-refractivity contribution in [1.29, 1.82) is 0 Å². The van der Waals surface area contributed by atoms with Crippen LogP contribution in [0.2, 0.25) is 0 Å². The van der Waals surface area contributed by atoms with Gasteiger partial charge in [0, 0.05) is 6.04 Å². The highest BCUT2D eigenvalue weighted by atomic mass is 32.1. The largest absolute Gasteiger partial charge is 0.330 e. The smallest absolute Gasteiger partial charge is 0.178 e. The summed E-state index contributed by atoms with van der Waals surface area (Å²) >= 11 is 5.43. The first-order valence-corrected chi connectivity index (χ1v) is 7.37. The molecular weight excluding hydrogens is 259 g/mol. The number of hydrogen-bond donors (Lipinski definition) is 1. The molecule has 0 radical (unpaired) electrons. The summed E-state index contributed by atoms with van der Waals surface area (Å²) in [6, 6.07) is 3.93. The monoisotopic (exact) mass is 278 g/mol. The van der Waals surface area contributed by atoms with Crippen LogP contribution in [0.4, 0.5) is 4.39 Å². The van der Waals surface area contributed by atoms with Crippen molar-refractivity contribution < 1.29 is 4.39 Å². The molecule has 2 nitrogen and oxygen atoms in total. The molecule has 1 aliphatic carbocycles. The fourth-order valence-electron chi connectivity index (χ4n) is 3.11. The van der Waals surface area contributed by atoms with Crippen molar-refractivity contribution >= 4 is 23.3 Å². The van der Waals surface area contributed by atoms with E-state index in [1.165, 1.54) is 25.7 Å². The van der Waals surface area contributed by atoms with Crippen molar-refractivity contribution in [3.05, 3.63) is 28.3 Å². The van der Waals surface area contributed by atoms with Gasteiger partial charge >= 0.3 is 0 Å². The zero-order valence-corrected chi connectivity index (χ0v) is 12.2. The third kappa shape index (κ3) is 2.22. The van der Waals surface area contributed by atoms with Gasteiger partial charge in [-0.1, -0.05) is 6.92 Å². The Morgan fingerprint density at radius 2 is 1.95 bits per heavy atom. The van der Waals surface area contributed by atoms with E-state index in [0.29, 0.717) is 11.6 Å². The first kappa shape index (κ1) is 12.9. The lowest BCUT2D eigenvalue weighted by Gasteiger charge is -2.27. The molecule has 1 N–H and O–H groups in total. The van der Waals surface area contributed by atoms with Crippen LogP contribution in [-0.4, -0.2) is 9.55 Å². The topological polar surface area (TPSA) is 20.7 Å². The Kier molecular flexibility index (Phi) is 3.21. The predicted molar refractivity (Wildman–Crippen MR) is 78.5 cm³/mol. The molecule has 0 spiro atoms. The Morgan fingerprint density at radius 1 is 1.26 bits per heavy atom. The molecule has 0 aliphatic heterocycles. The molecule has 4 heteroatoms. The van der Waals surface area contributed by atoms with Crippen LogP contribution in [0.3, 0.4) is 0 Å². The van der Waals surface area contributed by atoms with Gasteiger partial charge in [-0.3, -0.25) is 0 Å². The number of imidazole rings is 1. The third-order valence-corrected chi connectivity index (χ3v) is 4.65. The van der Waals surface area contributed by atoms with Crippen LogP contribution in [0.15, 0.2) is 12.1 Å². The van der Waals surface area contributed by atoms with Crippen molar-refractivity contribution in [1.82, 2.24) is 9.55 Å². The molecule has 0 unspecified atom stereocenters. The molecule has 1 fully saturated rings. The van der Waals surface area contributed by atoms with Crippen molar-refractivity contribution in [2.45, 2.75) is 45.6 Å². The molecule has 19 heavy (non-hydrogen) atoms. The average Bonchev–Trinajstić information content (AvgIpc) is 2.67. The number of halogens is 1. The summed E-state index contributed by atoms with van der Waals surface area (Å²) in [4.78, 5) is 3.14. The van der Waals surface area contributed by atoms with Gasteiger partial charge in [0.25, 0.3) is 0 Å². The highest BCUT2D eigenvalue weighted by Gasteiger charge is 2.22. The summed E-state index contributed by atoms with van der Waals surface area (Å²) < 4.78 is 16.5. The van der Waals surface area contributed by atoms with Gasteiger partial charge in [0.15, 0.2) is 4.77 Å². The molecule has 2 aromatic rings. The predicted octanol–water partition coefficient (Wildman–Crippen LogP) is 4.90. The number of benzene rings is 1. The van der Waals surface area contributed by atoms with Crippen LogP contribution < -0.4 is 0 Å². The number of nitrogens with zero attached hydrogens (tertiary/aromatic N) is 1. The Bertz CT molecular complexity index is 663. The third-order valence-electron chi connectivity index (χ3n) is 4.35. The molecule has 102 valence electrons. The number of aromatic amines is 1. The zero-order valence-electron chi connectivity index (χ0n) is 11.4. The minimum absolute atomic E-state index is 0.173. The van der Waals surface area contributed by atoms with E-state index < -0.39 is 0 Å². The minimum Gasteiger partial charge on any atom is -0.330 e. The molecule has 0 saturated heterocycles. The fourth-order valence-corrected chi connectivity index (χ4v) is 3.47. The lowest BCUT2D eigenvalue weighted by molar-refractivity contribution is 0.292. The maximum atomic E-state index is 13.6. The van der Waals surface area contributed by atoms with Gasteiger partial charge in [-0.25, -0.2) is 4.39 Å². The van der Waals surface area contributed by atoms with Crippen molar-refractivity contribution in [3.63, 3.8) is 0 Å². The van der Waals surface area contributed by atoms with E-state index in [0.717, 1.165) is 21.7 Å². The van der Waals surface area contributed by atoms with Gasteiger partial charge in [0.2, 0.25) is 0 Å². The molecule has 0 bridgehead atoms. The fraction of sp³-hybridized carbons (Fsp3) is 0.533. The second-order valence-corrected chi connectivity index (χ2v) is 6.22. The van der Waals surface area contributed by atoms with Crippen LogP contribution in [0.5, 0.6) is 0 Å². The van der Waals surface area contributed by atoms with Crippen molar-refractivity contribution in [3.8, 4) is 0 Å². The molecule has 0 atom stereocenters. The van der Waals surface area contributed by atoms with Crippen LogP contribution in [-0.2, 0) is 0 Å². The molecule has 1 aromatic heterocycles. The Morgan fingerprint density at radius 3 is 2.63 bits per heavy atom. The molecule has 0 amide bonds. The van der Waals surface area contributed by atoms with Crippen LogP contribution in [0.1, 0.15) is 44.2 Å². The molecule has 1 heterocycles. The average molecular weight is 278 g/mol. The molecular formula is C15H19FN2S. The quantitative estimate of drug-likeness (QED) is 0.736. The molecule has 3 rings (SSSR count). The number of rotatable bonds is 1. The van der Waals surface area contributed by atoms with E-state index in [1.807, 2.05) is 6.07 Å². The standard InChI is InChI=1S/C15H19FN2S/c1-9-3-5-11(6-4-9)18-14-7-10(2)12(16)8-13(14)17-15(18)19/h7-9,11H,3-6H2,1-2H3,(H,17,19). The molecule has 1 aliphatic rings.